The summed E-state index contributed by atoms with van der Waals surface area (Å²) in [6, 6.07) is 68.5. The molecule has 0 aliphatic rings. The van der Waals surface area contributed by atoms with Crippen LogP contribution in [-0.4, -0.2) is 16.2 Å². The van der Waals surface area contributed by atoms with Gasteiger partial charge in [-0.3, -0.25) is 4.99 Å². The number of nitrogens with two attached hydrogens (primary N) is 1. The molecule has 0 saturated carbocycles. The van der Waals surface area contributed by atoms with E-state index < -0.39 is 0 Å². The van der Waals surface area contributed by atoms with Crippen molar-refractivity contribution in [2.24, 2.45) is 15.7 Å². The van der Waals surface area contributed by atoms with Crippen molar-refractivity contribution in [3.05, 3.63) is 247 Å². The summed E-state index contributed by atoms with van der Waals surface area (Å²) in [5.41, 5.74) is 22.0. The molecule has 7 nitrogen and oxygen atoms in total. The fraction of sp³-hybridized carbons (Fsp3) is 0.0312. The van der Waals surface area contributed by atoms with Crippen LogP contribution in [0.1, 0.15) is 28.0 Å². The van der Waals surface area contributed by atoms with Crippen LogP contribution in [0.4, 0.5) is 0 Å². The van der Waals surface area contributed by atoms with E-state index in [1.807, 2.05) is 91.9 Å². The molecular weight excluding hydrogens is 873 g/mol. The number of aryl methyl sites for hydroxylation is 1. The van der Waals surface area contributed by atoms with E-state index in [-0.39, 0.29) is 0 Å². The predicted octanol–water partition coefficient (Wildman–Crippen LogP) is 16.4. The van der Waals surface area contributed by atoms with E-state index in [4.69, 9.17) is 29.0 Å². The molecule has 0 atom stereocenters. The molecule has 0 saturated heterocycles. The number of furan rings is 3. The summed E-state index contributed by atoms with van der Waals surface area (Å²) in [6.07, 6.45) is 3.95. The number of fused-ring (bicyclic) bond motifs is 10. The summed E-state index contributed by atoms with van der Waals surface area (Å²) in [6.45, 7) is 6.56. The zero-order chi connectivity index (χ0) is 47.6. The minimum atomic E-state index is 0.340. The third kappa shape index (κ3) is 6.97. The van der Waals surface area contributed by atoms with Crippen molar-refractivity contribution in [2.45, 2.75) is 13.5 Å². The van der Waals surface area contributed by atoms with Crippen molar-refractivity contribution in [1.82, 2.24) is 4.57 Å². The molecule has 0 spiro atoms. The van der Waals surface area contributed by atoms with Gasteiger partial charge in [-0.05, 0) is 77.7 Å². The second-order valence-corrected chi connectivity index (χ2v) is 17.8. The highest BCUT2D eigenvalue weighted by atomic mass is 16.3. The van der Waals surface area contributed by atoms with E-state index in [0.717, 1.165) is 122 Å². The van der Waals surface area contributed by atoms with Crippen LogP contribution in [0, 0.1) is 6.92 Å². The molecule has 4 heterocycles. The molecule has 9 aromatic carbocycles. The standard InChI is InChI=1S/C64H44N4O3/c1-3-16-54(68-52-26-10-7-20-47(52)48-21-8-11-27-53(48)68)59-39(2)69-58-30-15-23-45(61(58)59)43-35-36-56-51(37-43)60-44(19-13-29-57(60)70-56)38-66-64(42-17-5-4-6-18-42)67-63(65)41-33-31-40(32-34-41)46-24-14-25-50-49-22-9-12-28-55(49)71-62(46)50/h3-37H,1,38H2,2H3,(H2,65,66,67)/b54-16+. The van der Waals surface area contributed by atoms with Gasteiger partial charge in [-0.2, -0.15) is 0 Å². The second-order valence-electron chi connectivity index (χ2n) is 17.8. The molecular formula is C64H44N4O3. The van der Waals surface area contributed by atoms with Gasteiger partial charge in [-0.25, -0.2) is 4.99 Å². The third-order valence-electron chi connectivity index (χ3n) is 13.7. The smallest absolute Gasteiger partial charge is 0.157 e. The summed E-state index contributed by atoms with van der Waals surface area (Å²) in [5, 5.41) is 7.58. The van der Waals surface area contributed by atoms with Gasteiger partial charge in [-0.1, -0.05) is 170 Å². The Bertz CT molecular complexity index is 4300. The van der Waals surface area contributed by atoms with Crippen LogP contribution in [0.5, 0.6) is 0 Å². The van der Waals surface area contributed by atoms with Crippen molar-refractivity contribution in [3.63, 3.8) is 0 Å². The number of aromatic nitrogens is 1. The zero-order valence-electron chi connectivity index (χ0n) is 38.8. The lowest BCUT2D eigenvalue weighted by Crippen LogP contribution is -2.16. The molecule has 0 radical (unpaired) electrons. The molecule has 2 N–H and O–H groups in total. The Labute approximate surface area is 408 Å². The highest BCUT2D eigenvalue weighted by molar-refractivity contribution is 6.15. The molecule has 0 aliphatic carbocycles. The average molecular weight is 917 g/mol. The van der Waals surface area contributed by atoms with Gasteiger partial charge in [0.25, 0.3) is 0 Å². The van der Waals surface area contributed by atoms with E-state index in [2.05, 4.69) is 139 Å². The molecule has 0 unspecified atom stereocenters. The molecule has 13 rings (SSSR count). The van der Waals surface area contributed by atoms with Crippen LogP contribution >= 0.6 is 0 Å². The van der Waals surface area contributed by atoms with Crippen LogP contribution in [0.3, 0.4) is 0 Å². The summed E-state index contributed by atoms with van der Waals surface area (Å²) < 4.78 is 21.8. The lowest BCUT2D eigenvalue weighted by Gasteiger charge is -2.14. The van der Waals surface area contributed by atoms with Crippen molar-refractivity contribution in [3.8, 4) is 22.3 Å². The second kappa shape index (κ2) is 16.9. The molecule has 0 fully saturated rings. The topological polar surface area (TPSA) is 95.1 Å². The van der Waals surface area contributed by atoms with Crippen LogP contribution in [-0.2, 0) is 6.54 Å². The first kappa shape index (κ1) is 41.7. The van der Waals surface area contributed by atoms with Gasteiger partial charge in [-0.15, -0.1) is 0 Å². The molecule has 0 amide bonds. The van der Waals surface area contributed by atoms with Crippen molar-refractivity contribution >= 4 is 94.0 Å². The van der Waals surface area contributed by atoms with Gasteiger partial charge < -0.3 is 23.6 Å². The van der Waals surface area contributed by atoms with Gasteiger partial charge in [0.15, 0.2) is 5.84 Å². The maximum atomic E-state index is 6.84. The molecule has 0 aliphatic heterocycles. The molecule has 0 bridgehead atoms. The van der Waals surface area contributed by atoms with Crippen molar-refractivity contribution < 1.29 is 13.3 Å². The number of nitrogens with zero attached hydrogens (tertiary/aromatic N) is 3. The number of aliphatic imine (C=N–C) groups is 2. The van der Waals surface area contributed by atoms with E-state index in [9.17, 15) is 0 Å². The Hall–Kier alpha value is -9.46. The minimum Gasteiger partial charge on any atom is -0.461 e. The lowest BCUT2D eigenvalue weighted by atomic mass is 9.95. The summed E-state index contributed by atoms with van der Waals surface area (Å²) in [7, 11) is 0. The normalized spacial score (nSPS) is 12.7. The highest BCUT2D eigenvalue weighted by Crippen LogP contribution is 2.44. The van der Waals surface area contributed by atoms with E-state index in [1.165, 1.54) is 10.8 Å². The minimum absolute atomic E-state index is 0.340. The van der Waals surface area contributed by atoms with E-state index in [1.54, 1.807) is 0 Å². The summed E-state index contributed by atoms with van der Waals surface area (Å²) >= 11 is 0. The van der Waals surface area contributed by atoms with Gasteiger partial charge in [0.05, 0.1) is 23.3 Å². The van der Waals surface area contributed by atoms with Crippen molar-refractivity contribution in [2.75, 3.05) is 0 Å². The fourth-order valence-electron chi connectivity index (χ4n) is 10.5. The summed E-state index contributed by atoms with van der Waals surface area (Å²) in [5.74, 6) is 1.72. The van der Waals surface area contributed by atoms with Gasteiger partial charge in [0.2, 0.25) is 0 Å². The lowest BCUT2D eigenvalue weighted by molar-refractivity contribution is 0.577. The molecule has 338 valence electrons. The van der Waals surface area contributed by atoms with Crippen LogP contribution in [0.2, 0.25) is 0 Å². The maximum absolute atomic E-state index is 6.84. The van der Waals surface area contributed by atoms with Crippen LogP contribution < -0.4 is 5.73 Å². The van der Waals surface area contributed by atoms with Gasteiger partial charge in [0.1, 0.15) is 39.5 Å². The number of rotatable bonds is 9. The fourth-order valence-corrected chi connectivity index (χ4v) is 10.5. The van der Waals surface area contributed by atoms with Crippen LogP contribution in [0.25, 0.3) is 105 Å². The van der Waals surface area contributed by atoms with Gasteiger partial charge >= 0.3 is 0 Å². The first-order valence-corrected chi connectivity index (χ1v) is 23.7. The quantitative estimate of drug-likeness (QED) is 0.0886. The predicted molar refractivity (Wildman–Crippen MR) is 293 cm³/mol. The first-order chi connectivity index (χ1) is 35.0. The Morgan fingerprint density at radius 3 is 1.93 bits per heavy atom. The Balaban J connectivity index is 0.884. The molecule has 7 heteroatoms. The van der Waals surface area contributed by atoms with E-state index >= 15 is 0 Å². The molecule has 71 heavy (non-hydrogen) atoms. The maximum Gasteiger partial charge on any atom is 0.157 e. The Morgan fingerprint density at radius 2 is 1.15 bits per heavy atom. The number of amidine groups is 2. The number of para-hydroxylation sites is 4. The number of hydrogen-bond donors (Lipinski definition) is 1. The largest absolute Gasteiger partial charge is 0.461 e. The average Bonchev–Trinajstić information content (AvgIpc) is 4.18. The van der Waals surface area contributed by atoms with E-state index in [0.29, 0.717) is 18.2 Å². The SMILES string of the molecule is C=C/C=C(\c1c(C)oc2cccc(-c3ccc4oc5cccc(CN=C(N=C(N)c6ccc(-c7cccc8c7oc7ccccc78)cc6)c6ccccc6)c5c4c3)c12)n1c2ccccc2c2ccccc21. The Kier molecular flexibility index (Phi) is 9.95. The third-order valence-corrected chi connectivity index (χ3v) is 13.7. The molecule has 13 aromatic rings. The van der Waals surface area contributed by atoms with Crippen molar-refractivity contribution in [1.29, 1.82) is 0 Å². The number of benzene rings is 9. The number of allylic oxidation sites excluding steroid dienone is 2. The van der Waals surface area contributed by atoms with Crippen LogP contribution in [0.15, 0.2) is 242 Å². The Morgan fingerprint density at radius 1 is 0.535 bits per heavy atom. The highest BCUT2D eigenvalue weighted by Gasteiger charge is 2.24. The molecule has 4 aromatic heterocycles. The van der Waals surface area contributed by atoms with Gasteiger partial charge in [0, 0.05) is 60.0 Å². The summed E-state index contributed by atoms with van der Waals surface area (Å²) in [4.78, 5) is 10.2. The number of hydrogen-bond acceptors (Lipinski definition) is 4. The zero-order valence-corrected chi connectivity index (χ0v) is 38.8. The monoisotopic (exact) mass is 916 g/mol. The first-order valence-electron chi connectivity index (χ1n) is 23.7.